The number of sulfonamides is 1. The quantitative estimate of drug-likeness (QED) is 0.503. The van der Waals surface area contributed by atoms with Crippen molar-refractivity contribution in [1.82, 2.24) is 0 Å². The Labute approximate surface area is 151 Å². The fraction of sp³-hybridized carbons (Fsp3) is 0.294. The van der Waals surface area contributed by atoms with Gasteiger partial charge in [-0.15, -0.1) is 0 Å². The van der Waals surface area contributed by atoms with Crippen LogP contribution in [0.3, 0.4) is 0 Å². The van der Waals surface area contributed by atoms with Crippen LogP contribution in [0.2, 0.25) is 0 Å². The zero-order valence-corrected chi connectivity index (χ0v) is 14.8. The molecule has 2 aromatic carbocycles. The molecule has 0 heterocycles. The molecular weight excluding hydrogens is 358 g/mol. The number of benzene rings is 2. The van der Waals surface area contributed by atoms with Crippen molar-refractivity contribution in [3.05, 3.63) is 57.6 Å². The lowest BCUT2D eigenvalue weighted by Crippen LogP contribution is -2.16. The second-order valence-corrected chi connectivity index (χ2v) is 7.71. The highest BCUT2D eigenvalue weighted by Crippen LogP contribution is 2.30. The lowest BCUT2D eigenvalue weighted by atomic mass is 10.1. The Morgan fingerprint density at radius 3 is 2.58 bits per heavy atom. The summed E-state index contributed by atoms with van der Waals surface area (Å²) in [6, 6.07) is 8.86. The maximum Gasteiger partial charge on any atom is 0.271 e. The van der Waals surface area contributed by atoms with Crippen LogP contribution in [0.4, 0.5) is 17.1 Å². The molecule has 0 bridgehead atoms. The zero-order valence-electron chi connectivity index (χ0n) is 13.9. The predicted molar refractivity (Wildman–Crippen MR) is 97.9 cm³/mol. The Kier molecular flexibility index (Phi) is 5.10. The van der Waals surface area contributed by atoms with E-state index in [9.17, 15) is 18.5 Å². The van der Waals surface area contributed by atoms with Crippen LogP contribution < -0.4 is 10.0 Å². The minimum absolute atomic E-state index is 0.0631. The molecule has 0 radical (unpaired) electrons. The largest absolute Gasteiger partial charge is 0.395 e. The first-order chi connectivity index (χ1) is 12.4. The molecule has 0 spiro atoms. The number of hydrogen-bond donors (Lipinski definition) is 3. The minimum atomic E-state index is -3.90. The average Bonchev–Trinajstić information content (AvgIpc) is 3.08. The van der Waals surface area contributed by atoms with E-state index in [1.54, 1.807) is 12.1 Å². The molecule has 0 aliphatic heterocycles. The number of hydrogen-bond acceptors (Lipinski definition) is 6. The minimum Gasteiger partial charge on any atom is -0.395 e. The highest BCUT2D eigenvalue weighted by atomic mass is 32.2. The summed E-state index contributed by atoms with van der Waals surface area (Å²) in [5.41, 5.74) is 2.36. The van der Waals surface area contributed by atoms with Gasteiger partial charge in [0.1, 0.15) is 0 Å². The first-order valence-corrected chi connectivity index (χ1v) is 9.67. The summed E-state index contributed by atoms with van der Waals surface area (Å²) in [6.45, 7) is 0.0272. The Bertz CT molecular complexity index is 943. The molecular formula is C17H19N3O5S. The highest BCUT2D eigenvalue weighted by molar-refractivity contribution is 7.92. The summed E-state index contributed by atoms with van der Waals surface area (Å²) in [5, 5.41) is 22.8. The van der Waals surface area contributed by atoms with Crippen molar-refractivity contribution in [1.29, 1.82) is 0 Å². The third-order valence-electron chi connectivity index (χ3n) is 4.27. The van der Waals surface area contributed by atoms with Gasteiger partial charge in [0.05, 0.1) is 27.8 Å². The molecule has 3 rings (SSSR count). The monoisotopic (exact) mass is 377 g/mol. The lowest BCUT2D eigenvalue weighted by Gasteiger charge is -2.14. The van der Waals surface area contributed by atoms with Gasteiger partial charge in [-0.25, -0.2) is 8.42 Å². The smallest absolute Gasteiger partial charge is 0.271 e. The van der Waals surface area contributed by atoms with E-state index in [2.05, 4.69) is 10.0 Å². The number of nitro benzene ring substituents is 1. The van der Waals surface area contributed by atoms with Gasteiger partial charge < -0.3 is 10.4 Å². The number of nitrogens with zero attached hydrogens (tertiary/aromatic N) is 1. The van der Waals surface area contributed by atoms with Crippen molar-refractivity contribution in [2.45, 2.75) is 24.2 Å². The molecule has 8 nitrogen and oxygen atoms in total. The van der Waals surface area contributed by atoms with E-state index in [1.807, 2.05) is 6.07 Å². The molecule has 26 heavy (non-hydrogen) atoms. The van der Waals surface area contributed by atoms with E-state index in [0.29, 0.717) is 5.69 Å². The van der Waals surface area contributed by atoms with Crippen molar-refractivity contribution < 1.29 is 18.4 Å². The predicted octanol–water partition coefficient (Wildman–Crippen LogP) is 2.29. The lowest BCUT2D eigenvalue weighted by molar-refractivity contribution is -0.384. The van der Waals surface area contributed by atoms with Crippen molar-refractivity contribution >= 4 is 27.1 Å². The van der Waals surface area contributed by atoms with Crippen LogP contribution in [-0.2, 0) is 22.9 Å². The van der Waals surface area contributed by atoms with Crippen LogP contribution in [0.1, 0.15) is 17.5 Å². The summed E-state index contributed by atoms with van der Waals surface area (Å²) in [4.78, 5) is 10.5. The molecule has 2 aromatic rings. The van der Waals surface area contributed by atoms with Crippen molar-refractivity contribution in [2.24, 2.45) is 0 Å². The number of aryl methyl sites for hydroxylation is 2. The van der Waals surface area contributed by atoms with Gasteiger partial charge in [0.25, 0.3) is 15.7 Å². The van der Waals surface area contributed by atoms with Crippen molar-refractivity contribution in [2.75, 3.05) is 23.2 Å². The summed E-state index contributed by atoms with van der Waals surface area (Å²) in [5.74, 6) is 0. The maximum absolute atomic E-state index is 12.8. The molecule has 138 valence electrons. The molecule has 0 fully saturated rings. The first-order valence-electron chi connectivity index (χ1n) is 8.18. The van der Waals surface area contributed by atoms with E-state index < -0.39 is 14.9 Å². The summed E-state index contributed by atoms with van der Waals surface area (Å²) in [7, 11) is -3.90. The number of rotatable bonds is 7. The number of aliphatic hydroxyl groups is 1. The topological polar surface area (TPSA) is 122 Å². The van der Waals surface area contributed by atoms with Crippen LogP contribution in [0.5, 0.6) is 0 Å². The Morgan fingerprint density at radius 1 is 1.08 bits per heavy atom. The van der Waals surface area contributed by atoms with Crippen LogP contribution in [0.25, 0.3) is 0 Å². The Balaban J connectivity index is 1.95. The third kappa shape index (κ3) is 3.78. The van der Waals surface area contributed by atoms with Gasteiger partial charge in [-0.05, 0) is 48.6 Å². The molecule has 0 saturated heterocycles. The fourth-order valence-electron chi connectivity index (χ4n) is 2.99. The van der Waals surface area contributed by atoms with E-state index in [4.69, 9.17) is 5.11 Å². The maximum atomic E-state index is 12.8. The van der Waals surface area contributed by atoms with E-state index >= 15 is 0 Å². The highest BCUT2D eigenvalue weighted by Gasteiger charge is 2.21. The standard InChI is InChI=1S/C17H19N3O5S/c21-9-8-18-16-7-5-14(20(22)23)11-17(16)19-26(24,25)15-6-4-12-2-1-3-13(12)10-15/h4-7,10-11,18-19,21H,1-3,8-9H2. The van der Waals surface area contributed by atoms with Gasteiger partial charge in [0.2, 0.25) is 0 Å². The second-order valence-electron chi connectivity index (χ2n) is 6.03. The van der Waals surface area contributed by atoms with Gasteiger partial charge >= 0.3 is 0 Å². The van der Waals surface area contributed by atoms with E-state index in [1.165, 1.54) is 12.1 Å². The number of anilines is 2. The van der Waals surface area contributed by atoms with E-state index in [0.717, 1.165) is 36.5 Å². The number of fused-ring (bicyclic) bond motifs is 1. The van der Waals surface area contributed by atoms with Crippen LogP contribution >= 0.6 is 0 Å². The first kappa shape index (κ1) is 18.2. The molecule has 9 heteroatoms. The number of non-ortho nitro benzene ring substituents is 1. The van der Waals surface area contributed by atoms with Gasteiger partial charge in [0, 0.05) is 18.7 Å². The molecule has 0 atom stereocenters. The Hall–Kier alpha value is -2.65. The average molecular weight is 377 g/mol. The Morgan fingerprint density at radius 2 is 1.85 bits per heavy atom. The number of nitrogens with one attached hydrogen (secondary N) is 2. The SMILES string of the molecule is O=[N+]([O-])c1ccc(NCCO)c(NS(=O)(=O)c2ccc3c(c2)CCC3)c1. The fourth-order valence-corrected chi connectivity index (χ4v) is 4.11. The molecule has 0 saturated carbocycles. The number of aliphatic hydroxyl groups excluding tert-OH is 1. The van der Waals surface area contributed by atoms with Gasteiger partial charge in [0.15, 0.2) is 0 Å². The second kappa shape index (κ2) is 7.30. The molecule has 0 amide bonds. The normalized spacial score (nSPS) is 13.3. The summed E-state index contributed by atoms with van der Waals surface area (Å²) >= 11 is 0. The van der Waals surface area contributed by atoms with Crippen molar-refractivity contribution in [3.63, 3.8) is 0 Å². The molecule has 3 N–H and O–H groups in total. The van der Waals surface area contributed by atoms with E-state index in [-0.39, 0.29) is 29.4 Å². The van der Waals surface area contributed by atoms with Gasteiger partial charge in [-0.3, -0.25) is 14.8 Å². The zero-order chi connectivity index (χ0) is 18.7. The van der Waals surface area contributed by atoms with Crippen LogP contribution in [0.15, 0.2) is 41.3 Å². The molecule has 1 aliphatic rings. The molecule has 1 aliphatic carbocycles. The summed E-state index contributed by atoms with van der Waals surface area (Å²) in [6.07, 6.45) is 2.80. The number of nitro groups is 1. The molecule has 0 unspecified atom stereocenters. The van der Waals surface area contributed by atoms with Crippen LogP contribution in [-0.4, -0.2) is 31.6 Å². The van der Waals surface area contributed by atoms with Gasteiger partial charge in [-0.1, -0.05) is 6.07 Å². The van der Waals surface area contributed by atoms with Crippen molar-refractivity contribution in [3.8, 4) is 0 Å². The molecule has 0 aromatic heterocycles. The van der Waals surface area contributed by atoms with Crippen LogP contribution in [0, 0.1) is 10.1 Å². The summed E-state index contributed by atoms with van der Waals surface area (Å²) < 4.78 is 27.9. The van der Waals surface area contributed by atoms with Gasteiger partial charge in [-0.2, -0.15) is 0 Å². The third-order valence-corrected chi connectivity index (χ3v) is 5.63.